The van der Waals surface area contributed by atoms with Crippen molar-refractivity contribution in [3.63, 3.8) is 0 Å². The molecule has 0 radical (unpaired) electrons. The summed E-state index contributed by atoms with van der Waals surface area (Å²) in [5.74, 6) is -0.241. The maximum atomic E-state index is 13.7. The molecule has 4 aromatic heterocycles. The van der Waals surface area contributed by atoms with E-state index in [0.29, 0.717) is 48.4 Å². The number of halogens is 5. The number of piperidine rings is 1. The highest BCUT2D eigenvalue weighted by Gasteiger charge is 2.34. The van der Waals surface area contributed by atoms with Crippen molar-refractivity contribution in [2.45, 2.75) is 44.8 Å². The normalized spacial score (nSPS) is 15.0. The number of aryl methyl sites for hydroxylation is 1. The molecule has 0 aromatic carbocycles. The summed E-state index contributed by atoms with van der Waals surface area (Å²) in [6.07, 6.45) is -0.811. The maximum absolute atomic E-state index is 13.7. The van der Waals surface area contributed by atoms with Crippen LogP contribution in [-0.4, -0.2) is 37.6 Å². The Labute approximate surface area is 214 Å². The molecule has 38 heavy (non-hydrogen) atoms. The molecule has 1 fully saturated rings. The third-order valence-electron chi connectivity index (χ3n) is 6.79. The van der Waals surface area contributed by atoms with Crippen molar-refractivity contribution in [1.82, 2.24) is 24.5 Å². The van der Waals surface area contributed by atoms with Gasteiger partial charge in [-0.1, -0.05) is 0 Å². The Balaban J connectivity index is 1.51. The molecular formula is C26H23F5N6O. The van der Waals surface area contributed by atoms with Crippen molar-refractivity contribution < 1.29 is 22.0 Å². The van der Waals surface area contributed by atoms with Gasteiger partial charge in [-0.3, -0.25) is 24.3 Å². The van der Waals surface area contributed by atoms with Gasteiger partial charge < -0.3 is 4.90 Å². The van der Waals surface area contributed by atoms with E-state index in [2.05, 4.69) is 19.9 Å². The van der Waals surface area contributed by atoms with Crippen LogP contribution >= 0.6 is 0 Å². The summed E-state index contributed by atoms with van der Waals surface area (Å²) in [7, 11) is 0. The number of rotatable bonds is 5. The fraction of sp³-hybridized carbons (Fsp3) is 0.346. The van der Waals surface area contributed by atoms with Crippen LogP contribution in [0.2, 0.25) is 0 Å². The fourth-order valence-electron chi connectivity index (χ4n) is 4.92. The Kier molecular flexibility index (Phi) is 6.80. The van der Waals surface area contributed by atoms with Gasteiger partial charge in [0.05, 0.1) is 35.4 Å². The van der Waals surface area contributed by atoms with Crippen LogP contribution in [-0.2, 0) is 12.7 Å². The van der Waals surface area contributed by atoms with E-state index >= 15 is 0 Å². The number of aromatic nitrogens is 5. The predicted octanol–water partition coefficient (Wildman–Crippen LogP) is 5.28. The van der Waals surface area contributed by atoms with Gasteiger partial charge in [-0.05, 0) is 49.9 Å². The van der Waals surface area contributed by atoms with Crippen LogP contribution in [0.4, 0.5) is 27.6 Å². The van der Waals surface area contributed by atoms with Crippen molar-refractivity contribution in [2.24, 2.45) is 0 Å². The lowest BCUT2D eigenvalue weighted by Crippen LogP contribution is -2.36. The van der Waals surface area contributed by atoms with Gasteiger partial charge in [0.1, 0.15) is 5.52 Å². The van der Waals surface area contributed by atoms with Gasteiger partial charge in [0.25, 0.3) is 12.0 Å². The summed E-state index contributed by atoms with van der Waals surface area (Å²) >= 11 is 0. The predicted molar refractivity (Wildman–Crippen MR) is 130 cm³/mol. The molecule has 7 nitrogen and oxygen atoms in total. The van der Waals surface area contributed by atoms with Crippen molar-refractivity contribution in [1.29, 1.82) is 0 Å². The summed E-state index contributed by atoms with van der Waals surface area (Å²) in [6.45, 7) is 2.07. The first-order chi connectivity index (χ1) is 18.1. The largest absolute Gasteiger partial charge is 0.418 e. The molecule has 0 bridgehead atoms. The molecule has 0 amide bonds. The monoisotopic (exact) mass is 530 g/mol. The minimum absolute atomic E-state index is 0.104. The van der Waals surface area contributed by atoms with Crippen LogP contribution in [0.1, 0.15) is 53.3 Å². The van der Waals surface area contributed by atoms with Gasteiger partial charge >= 0.3 is 6.18 Å². The first-order valence-electron chi connectivity index (χ1n) is 12.0. The average molecular weight is 531 g/mol. The molecule has 0 unspecified atom stereocenters. The Morgan fingerprint density at radius 3 is 2.55 bits per heavy atom. The van der Waals surface area contributed by atoms with Gasteiger partial charge in [0, 0.05) is 42.8 Å². The minimum atomic E-state index is -4.64. The van der Waals surface area contributed by atoms with E-state index in [4.69, 9.17) is 0 Å². The Bertz CT molecular complexity index is 1530. The van der Waals surface area contributed by atoms with Crippen molar-refractivity contribution >= 4 is 16.9 Å². The standard InChI is InChI=1S/C26H23F5N6O/c1-15-12-34-20-11-18(16-5-9-36(10-6-16)22-13-32-8-4-17(22)23(27)28)25(38)37(24(20)35-15)14-21-19(26(29,30)31)3-2-7-33-21/h2-4,7-8,11-13,16,23H,5-6,9-10,14H2,1H3. The number of alkyl halides is 5. The highest BCUT2D eigenvalue weighted by atomic mass is 19.4. The molecule has 0 saturated carbocycles. The van der Waals surface area contributed by atoms with Gasteiger partial charge in [0.2, 0.25) is 0 Å². The lowest BCUT2D eigenvalue weighted by molar-refractivity contribution is -0.138. The number of pyridine rings is 3. The summed E-state index contributed by atoms with van der Waals surface area (Å²) in [6, 6.07) is 5.06. The third-order valence-corrected chi connectivity index (χ3v) is 6.79. The van der Waals surface area contributed by atoms with E-state index < -0.39 is 30.3 Å². The van der Waals surface area contributed by atoms with Crippen LogP contribution < -0.4 is 10.5 Å². The van der Waals surface area contributed by atoms with Gasteiger partial charge in [-0.15, -0.1) is 0 Å². The Morgan fingerprint density at radius 2 is 1.84 bits per heavy atom. The van der Waals surface area contributed by atoms with Crippen LogP contribution in [0.5, 0.6) is 0 Å². The zero-order chi connectivity index (χ0) is 27.0. The summed E-state index contributed by atoms with van der Waals surface area (Å²) in [5.41, 5.74) is 0.0252. The Morgan fingerprint density at radius 1 is 1.08 bits per heavy atom. The van der Waals surface area contributed by atoms with E-state index in [1.165, 1.54) is 41.5 Å². The molecular weight excluding hydrogens is 507 g/mol. The lowest BCUT2D eigenvalue weighted by Gasteiger charge is -2.34. The van der Waals surface area contributed by atoms with Crippen LogP contribution in [0.3, 0.4) is 0 Å². The molecule has 5 heterocycles. The molecule has 0 aliphatic carbocycles. The first-order valence-corrected chi connectivity index (χ1v) is 12.0. The van der Waals surface area contributed by atoms with E-state index in [1.54, 1.807) is 13.0 Å². The molecule has 12 heteroatoms. The molecule has 1 aliphatic heterocycles. The van der Waals surface area contributed by atoms with Crippen molar-refractivity contribution in [3.05, 3.63) is 87.5 Å². The smallest absolute Gasteiger partial charge is 0.370 e. The number of hydrogen-bond donors (Lipinski definition) is 0. The summed E-state index contributed by atoms with van der Waals surface area (Å²) in [4.78, 5) is 32.2. The second-order valence-electron chi connectivity index (χ2n) is 9.20. The molecule has 5 rings (SSSR count). The zero-order valence-corrected chi connectivity index (χ0v) is 20.3. The molecule has 0 N–H and O–H groups in total. The van der Waals surface area contributed by atoms with Crippen LogP contribution in [0, 0.1) is 6.92 Å². The zero-order valence-electron chi connectivity index (χ0n) is 20.3. The van der Waals surface area contributed by atoms with Gasteiger partial charge in [-0.25, -0.2) is 13.8 Å². The third kappa shape index (κ3) is 4.94. The highest BCUT2D eigenvalue weighted by molar-refractivity contribution is 5.71. The average Bonchev–Trinajstić information content (AvgIpc) is 2.90. The summed E-state index contributed by atoms with van der Waals surface area (Å²) in [5, 5.41) is 0. The second-order valence-corrected chi connectivity index (χ2v) is 9.20. The van der Waals surface area contributed by atoms with E-state index in [-0.39, 0.29) is 22.8 Å². The van der Waals surface area contributed by atoms with Gasteiger partial charge in [0.15, 0.2) is 5.65 Å². The SMILES string of the molecule is Cc1cnc2cc(C3CCN(c4cnccc4C(F)F)CC3)c(=O)n(Cc3ncccc3C(F)(F)F)c2n1. The second kappa shape index (κ2) is 10.1. The number of anilines is 1. The van der Waals surface area contributed by atoms with Crippen molar-refractivity contribution in [3.8, 4) is 0 Å². The van der Waals surface area contributed by atoms with E-state index in [0.717, 1.165) is 6.07 Å². The molecule has 1 aliphatic rings. The summed E-state index contributed by atoms with van der Waals surface area (Å²) < 4.78 is 69.1. The minimum Gasteiger partial charge on any atom is -0.370 e. The molecule has 4 aromatic rings. The molecule has 1 saturated heterocycles. The van der Waals surface area contributed by atoms with E-state index in [9.17, 15) is 26.7 Å². The highest BCUT2D eigenvalue weighted by Crippen LogP contribution is 2.35. The van der Waals surface area contributed by atoms with E-state index in [1.807, 2.05) is 4.90 Å². The fourth-order valence-corrected chi connectivity index (χ4v) is 4.92. The topological polar surface area (TPSA) is 76.8 Å². The van der Waals surface area contributed by atoms with Crippen molar-refractivity contribution in [2.75, 3.05) is 18.0 Å². The molecule has 0 atom stereocenters. The Hall–Kier alpha value is -3.96. The number of fused-ring (bicyclic) bond motifs is 1. The van der Waals surface area contributed by atoms with Gasteiger partial charge in [-0.2, -0.15) is 13.2 Å². The number of nitrogens with zero attached hydrogens (tertiary/aromatic N) is 6. The number of hydrogen-bond acceptors (Lipinski definition) is 6. The molecule has 198 valence electrons. The molecule has 0 spiro atoms. The first kappa shape index (κ1) is 25.7. The van der Waals surface area contributed by atoms with Crippen LogP contribution in [0.15, 0.2) is 53.8 Å². The van der Waals surface area contributed by atoms with Crippen LogP contribution in [0.25, 0.3) is 11.2 Å². The quantitative estimate of drug-likeness (QED) is 0.327. The lowest BCUT2D eigenvalue weighted by atomic mass is 9.89. The maximum Gasteiger partial charge on any atom is 0.418 e.